The summed E-state index contributed by atoms with van der Waals surface area (Å²) in [6, 6.07) is 17.8. The van der Waals surface area contributed by atoms with Crippen LogP contribution in [-0.4, -0.2) is 61.0 Å². The molecule has 1 fully saturated rings. The highest BCUT2D eigenvalue weighted by Gasteiger charge is 2.37. The molecular weight excluding hydrogens is 460 g/mol. The van der Waals surface area contributed by atoms with Crippen LogP contribution >= 0.6 is 0 Å². The van der Waals surface area contributed by atoms with Crippen molar-refractivity contribution >= 4 is 29.6 Å². The number of amides is 3. The third kappa shape index (κ3) is 7.54. The van der Waals surface area contributed by atoms with Gasteiger partial charge >= 0.3 is 6.09 Å². The number of aliphatic imine (C=N–C) groups is 1. The predicted molar refractivity (Wildman–Crippen MR) is 138 cm³/mol. The minimum Gasteiger partial charge on any atom is -0.445 e. The second-order valence-corrected chi connectivity index (χ2v) is 8.39. The van der Waals surface area contributed by atoms with Crippen LogP contribution in [0.5, 0.6) is 0 Å². The number of rotatable bonds is 10. The number of benzene rings is 2. The summed E-state index contributed by atoms with van der Waals surface area (Å²) in [7, 11) is 0. The van der Waals surface area contributed by atoms with Crippen LogP contribution in [-0.2, 0) is 20.9 Å². The minimum atomic E-state index is -0.624. The first-order valence-corrected chi connectivity index (χ1v) is 12.1. The number of alkyl carbamates (subject to hydrolysis) is 1. The van der Waals surface area contributed by atoms with Gasteiger partial charge in [-0.1, -0.05) is 48.5 Å². The third-order valence-corrected chi connectivity index (χ3v) is 5.84. The number of hydrogen-bond donors (Lipinski definition) is 3. The van der Waals surface area contributed by atoms with Crippen molar-refractivity contribution in [2.45, 2.75) is 38.3 Å². The van der Waals surface area contributed by atoms with Gasteiger partial charge in [0.2, 0.25) is 11.9 Å². The van der Waals surface area contributed by atoms with Gasteiger partial charge in [0.05, 0.1) is 12.2 Å². The van der Waals surface area contributed by atoms with E-state index in [-0.39, 0.29) is 30.9 Å². The number of anilines is 1. The summed E-state index contributed by atoms with van der Waals surface area (Å²) in [6.07, 6.45) is 2.11. The lowest BCUT2D eigenvalue weighted by Gasteiger charge is -2.29. The van der Waals surface area contributed by atoms with Crippen molar-refractivity contribution < 1.29 is 19.1 Å². The molecule has 2 aromatic carbocycles. The molecule has 0 aliphatic carbocycles. The number of nitrogens with one attached hydrogen (secondary N) is 1. The Morgan fingerprint density at radius 1 is 1.06 bits per heavy atom. The lowest BCUT2D eigenvalue weighted by molar-refractivity contribution is -0.135. The maximum absolute atomic E-state index is 13.5. The molecule has 1 atom stereocenters. The van der Waals surface area contributed by atoms with Crippen molar-refractivity contribution in [2.75, 3.05) is 31.1 Å². The fourth-order valence-corrected chi connectivity index (χ4v) is 4.00. The Balaban J connectivity index is 1.51. The van der Waals surface area contributed by atoms with Gasteiger partial charge in [-0.15, -0.1) is 0 Å². The molecule has 5 N–H and O–H groups in total. The standard InChI is InChI=1S/C26H34N6O4/c27-18-23(33)31-17-9-14-22(31)24(34)32(21-12-5-2-6-13-21)25(28)29-15-7-8-16-30-26(35)36-19-20-10-3-1-4-11-20/h1-6,10-13,22H,7-9,14-19,27H2,(H2,28,29)(H,30,35)/t22-/m0/s1. The molecule has 1 heterocycles. The van der Waals surface area contributed by atoms with Crippen LogP contribution in [0.4, 0.5) is 10.5 Å². The molecule has 10 heteroatoms. The fraction of sp³-hybridized carbons (Fsp3) is 0.385. The van der Waals surface area contributed by atoms with E-state index in [0.29, 0.717) is 44.6 Å². The van der Waals surface area contributed by atoms with Gasteiger partial charge in [-0.05, 0) is 43.4 Å². The lowest BCUT2D eigenvalue weighted by atomic mass is 10.1. The summed E-state index contributed by atoms with van der Waals surface area (Å²) in [6.45, 7) is 1.37. The number of nitrogens with zero attached hydrogens (tertiary/aromatic N) is 3. The van der Waals surface area contributed by atoms with Crippen LogP contribution in [0.25, 0.3) is 0 Å². The number of nitrogens with two attached hydrogens (primary N) is 2. The van der Waals surface area contributed by atoms with Crippen LogP contribution < -0.4 is 21.7 Å². The van der Waals surface area contributed by atoms with Crippen molar-refractivity contribution in [3.63, 3.8) is 0 Å². The average Bonchev–Trinajstić information content (AvgIpc) is 3.40. The molecule has 3 amide bonds. The van der Waals surface area contributed by atoms with Crippen LogP contribution in [0.15, 0.2) is 65.7 Å². The molecule has 1 aliphatic rings. The van der Waals surface area contributed by atoms with Crippen molar-refractivity contribution in [1.82, 2.24) is 10.2 Å². The SMILES string of the molecule is NCC(=O)N1CCC[C@H]1C(=O)N(C(N)=NCCCCNC(=O)OCc1ccccc1)c1ccccc1. The van der Waals surface area contributed by atoms with E-state index in [9.17, 15) is 14.4 Å². The first-order valence-electron chi connectivity index (χ1n) is 12.1. The zero-order valence-corrected chi connectivity index (χ0v) is 20.3. The van der Waals surface area contributed by atoms with E-state index in [2.05, 4.69) is 10.3 Å². The smallest absolute Gasteiger partial charge is 0.407 e. The molecule has 0 saturated carbocycles. The first kappa shape index (κ1) is 26.7. The summed E-state index contributed by atoms with van der Waals surface area (Å²) in [5.74, 6) is -0.498. The van der Waals surface area contributed by atoms with Crippen LogP contribution in [0.1, 0.15) is 31.2 Å². The Hall–Kier alpha value is -3.92. The molecule has 1 saturated heterocycles. The van der Waals surface area contributed by atoms with Crippen LogP contribution in [0.3, 0.4) is 0 Å². The molecule has 1 aliphatic heterocycles. The molecule has 0 unspecified atom stereocenters. The normalized spacial score (nSPS) is 15.4. The number of carbonyl (C=O) groups is 3. The lowest BCUT2D eigenvalue weighted by Crippen LogP contribution is -2.53. The Morgan fingerprint density at radius 2 is 1.75 bits per heavy atom. The number of unbranched alkanes of at least 4 members (excludes halogenated alkanes) is 1. The highest BCUT2D eigenvalue weighted by molar-refractivity contribution is 6.17. The Bertz CT molecular complexity index is 1030. The number of likely N-dealkylation sites (tertiary alicyclic amines) is 1. The van der Waals surface area contributed by atoms with E-state index in [1.807, 2.05) is 48.5 Å². The van der Waals surface area contributed by atoms with Gasteiger partial charge in [-0.3, -0.25) is 14.6 Å². The number of hydrogen-bond acceptors (Lipinski definition) is 6. The highest BCUT2D eigenvalue weighted by atomic mass is 16.5. The van der Waals surface area contributed by atoms with Gasteiger partial charge in [0.1, 0.15) is 12.6 Å². The van der Waals surface area contributed by atoms with Crippen molar-refractivity contribution in [3.05, 3.63) is 66.2 Å². The van der Waals surface area contributed by atoms with Crippen LogP contribution in [0, 0.1) is 0 Å². The average molecular weight is 495 g/mol. The van der Waals surface area contributed by atoms with Gasteiger partial charge < -0.3 is 26.4 Å². The quantitative estimate of drug-likeness (QED) is 0.262. The first-order chi connectivity index (χ1) is 17.5. The topological polar surface area (TPSA) is 143 Å². The Labute approximate surface area is 211 Å². The number of ether oxygens (including phenoxy) is 1. The summed E-state index contributed by atoms with van der Waals surface area (Å²) in [5, 5.41) is 2.71. The van der Waals surface area contributed by atoms with Gasteiger partial charge in [0, 0.05) is 19.6 Å². The molecule has 0 spiro atoms. The largest absolute Gasteiger partial charge is 0.445 e. The van der Waals surface area contributed by atoms with Crippen molar-refractivity contribution in [3.8, 4) is 0 Å². The molecule has 2 aromatic rings. The van der Waals surface area contributed by atoms with Gasteiger partial charge in [0.25, 0.3) is 5.91 Å². The zero-order chi connectivity index (χ0) is 25.8. The highest BCUT2D eigenvalue weighted by Crippen LogP contribution is 2.23. The van der Waals surface area contributed by atoms with Crippen LogP contribution in [0.2, 0.25) is 0 Å². The van der Waals surface area contributed by atoms with Crippen molar-refractivity contribution in [1.29, 1.82) is 0 Å². The Morgan fingerprint density at radius 3 is 2.44 bits per heavy atom. The van der Waals surface area contributed by atoms with Gasteiger partial charge in [0.15, 0.2) is 0 Å². The number of para-hydroxylation sites is 1. The molecule has 36 heavy (non-hydrogen) atoms. The molecule has 3 rings (SSSR count). The summed E-state index contributed by atoms with van der Waals surface area (Å²) >= 11 is 0. The third-order valence-electron chi connectivity index (χ3n) is 5.84. The van der Waals surface area contributed by atoms with Crippen molar-refractivity contribution in [2.24, 2.45) is 16.5 Å². The molecule has 0 bridgehead atoms. The summed E-state index contributed by atoms with van der Waals surface area (Å²) < 4.78 is 5.18. The van der Waals surface area contributed by atoms with E-state index < -0.39 is 12.1 Å². The zero-order valence-electron chi connectivity index (χ0n) is 20.3. The Kier molecular flexibility index (Phi) is 10.3. The second kappa shape index (κ2) is 13.8. The molecule has 0 radical (unpaired) electrons. The molecule has 10 nitrogen and oxygen atoms in total. The molecule has 192 valence electrons. The minimum absolute atomic E-state index is 0.0634. The maximum atomic E-state index is 13.5. The van der Waals surface area contributed by atoms with E-state index in [1.54, 1.807) is 12.1 Å². The molecule has 0 aromatic heterocycles. The predicted octanol–water partition coefficient (Wildman–Crippen LogP) is 1.99. The second-order valence-electron chi connectivity index (χ2n) is 8.39. The van der Waals surface area contributed by atoms with E-state index in [0.717, 1.165) is 12.0 Å². The van der Waals surface area contributed by atoms with Gasteiger partial charge in [-0.2, -0.15) is 0 Å². The number of guanidine groups is 1. The summed E-state index contributed by atoms with van der Waals surface area (Å²) in [5.41, 5.74) is 13.3. The number of carbonyl (C=O) groups excluding carboxylic acids is 3. The van der Waals surface area contributed by atoms with E-state index >= 15 is 0 Å². The monoisotopic (exact) mass is 494 g/mol. The molecular formula is C26H34N6O4. The van der Waals surface area contributed by atoms with E-state index in [4.69, 9.17) is 16.2 Å². The summed E-state index contributed by atoms with van der Waals surface area (Å²) in [4.78, 5) is 44.8. The fourth-order valence-electron chi connectivity index (χ4n) is 4.00. The van der Waals surface area contributed by atoms with Gasteiger partial charge in [-0.25, -0.2) is 9.69 Å². The maximum Gasteiger partial charge on any atom is 0.407 e. The van der Waals surface area contributed by atoms with E-state index in [1.165, 1.54) is 9.80 Å².